The molecule has 0 saturated carbocycles. The van der Waals surface area contributed by atoms with Crippen molar-refractivity contribution >= 4 is 21.4 Å². The van der Waals surface area contributed by atoms with E-state index >= 15 is 0 Å². The Balaban J connectivity index is 2.04. The highest BCUT2D eigenvalue weighted by Gasteiger charge is 2.13. The Morgan fingerprint density at radius 2 is 1.89 bits per heavy atom. The van der Waals surface area contributed by atoms with Crippen LogP contribution in [-0.2, 0) is 0 Å². The number of aromatic nitrogens is 1. The number of fused-ring (bicyclic) bond motifs is 1. The summed E-state index contributed by atoms with van der Waals surface area (Å²) in [5.74, 6) is -0.696. The maximum atomic E-state index is 13.1. The number of benzene rings is 1. The van der Waals surface area contributed by atoms with E-state index in [0.29, 0.717) is 5.56 Å². The molecular formula is C14H10F2N2S. The molecule has 0 saturated heterocycles. The Morgan fingerprint density at radius 1 is 1.05 bits per heavy atom. The molecule has 0 aliphatic rings. The molecular weight excluding hydrogens is 266 g/mol. The number of rotatable bonds is 2. The summed E-state index contributed by atoms with van der Waals surface area (Å²) in [5, 5.41) is 0.805. The highest BCUT2D eigenvalue weighted by Crippen LogP contribution is 2.32. The molecule has 1 aromatic carbocycles. The van der Waals surface area contributed by atoms with Crippen LogP contribution in [0.4, 0.5) is 8.78 Å². The van der Waals surface area contributed by atoms with Crippen LogP contribution in [0.5, 0.6) is 0 Å². The van der Waals surface area contributed by atoms with E-state index in [2.05, 4.69) is 4.98 Å². The molecule has 19 heavy (non-hydrogen) atoms. The van der Waals surface area contributed by atoms with Crippen LogP contribution in [-0.4, -0.2) is 4.98 Å². The molecule has 2 N–H and O–H groups in total. The number of pyridine rings is 1. The Hall–Kier alpha value is -1.85. The summed E-state index contributed by atoms with van der Waals surface area (Å²) in [6, 6.07) is 7.34. The van der Waals surface area contributed by atoms with Crippen LogP contribution in [0.25, 0.3) is 10.1 Å². The monoisotopic (exact) mass is 276 g/mol. The van der Waals surface area contributed by atoms with Crippen LogP contribution in [0.2, 0.25) is 0 Å². The second kappa shape index (κ2) is 4.68. The van der Waals surface area contributed by atoms with Gasteiger partial charge in [0.25, 0.3) is 0 Å². The summed E-state index contributed by atoms with van der Waals surface area (Å²) in [6.07, 6.45) is 2.68. The summed E-state index contributed by atoms with van der Waals surface area (Å²) in [5.41, 5.74) is 6.70. The number of thiophene rings is 1. The van der Waals surface area contributed by atoms with Crippen molar-refractivity contribution in [3.8, 4) is 0 Å². The van der Waals surface area contributed by atoms with Gasteiger partial charge in [0, 0.05) is 15.8 Å². The first-order valence-corrected chi connectivity index (χ1v) is 6.50. The minimum absolute atomic E-state index is 0.280. The molecule has 2 aromatic heterocycles. The minimum Gasteiger partial charge on any atom is -0.320 e. The second-order valence-corrected chi connectivity index (χ2v) is 5.36. The van der Waals surface area contributed by atoms with Gasteiger partial charge < -0.3 is 5.73 Å². The van der Waals surface area contributed by atoms with E-state index in [1.807, 2.05) is 6.07 Å². The largest absolute Gasteiger partial charge is 0.320 e. The second-order valence-electron chi connectivity index (χ2n) is 4.25. The topological polar surface area (TPSA) is 38.9 Å². The molecule has 0 aliphatic carbocycles. The Labute approximate surface area is 112 Å². The number of halogens is 2. The van der Waals surface area contributed by atoms with Crippen LogP contribution >= 0.6 is 11.3 Å². The summed E-state index contributed by atoms with van der Waals surface area (Å²) in [7, 11) is 0. The normalized spacial score (nSPS) is 12.8. The van der Waals surface area contributed by atoms with Crippen molar-refractivity contribution in [2.75, 3.05) is 0 Å². The maximum Gasteiger partial charge on any atom is 0.141 e. The predicted molar refractivity (Wildman–Crippen MR) is 72.0 cm³/mol. The van der Waals surface area contributed by atoms with Crippen LogP contribution in [0.15, 0.2) is 42.7 Å². The van der Waals surface area contributed by atoms with Gasteiger partial charge in [-0.1, -0.05) is 0 Å². The van der Waals surface area contributed by atoms with Crippen LogP contribution < -0.4 is 5.73 Å². The zero-order chi connectivity index (χ0) is 13.4. The molecule has 0 amide bonds. The minimum atomic E-state index is -0.455. The quantitative estimate of drug-likeness (QED) is 0.776. The SMILES string of the molecule is NC(c1cncc(F)c1)c1cc2cc(F)ccc2s1. The van der Waals surface area contributed by atoms with E-state index < -0.39 is 11.9 Å². The maximum absolute atomic E-state index is 13.1. The zero-order valence-corrected chi connectivity index (χ0v) is 10.6. The zero-order valence-electron chi connectivity index (χ0n) is 9.81. The fraction of sp³-hybridized carbons (Fsp3) is 0.0714. The number of hydrogen-bond acceptors (Lipinski definition) is 3. The van der Waals surface area contributed by atoms with Gasteiger partial charge in [0.2, 0.25) is 0 Å². The molecule has 0 fully saturated rings. The smallest absolute Gasteiger partial charge is 0.141 e. The lowest BCUT2D eigenvalue weighted by molar-refractivity contribution is 0.616. The van der Waals surface area contributed by atoms with Gasteiger partial charge in [0.05, 0.1) is 12.2 Å². The third kappa shape index (κ3) is 2.34. The molecule has 0 aliphatic heterocycles. The Bertz CT molecular complexity index is 739. The lowest BCUT2D eigenvalue weighted by Gasteiger charge is -2.08. The average Bonchev–Trinajstić information content (AvgIpc) is 2.80. The van der Waals surface area contributed by atoms with Crippen molar-refractivity contribution < 1.29 is 8.78 Å². The molecule has 5 heteroatoms. The van der Waals surface area contributed by atoms with Crippen LogP contribution in [0, 0.1) is 11.6 Å². The standard InChI is InChI=1S/C14H10F2N2S/c15-10-1-2-12-8(3-10)5-13(19-12)14(17)9-4-11(16)7-18-6-9/h1-7,14H,17H2. The molecule has 1 atom stereocenters. The molecule has 0 radical (unpaired) electrons. The molecule has 2 heterocycles. The molecule has 0 bridgehead atoms. The van der Waals surface area contributed by atoms with Gasteiger partial charge in [-0.15, -0.1) is 11.3 Å². The van der Waals surface area contributed by atoms with Crippen LogP contribution in [0.1, 0.15) is 16.5 Å². The summed E-state index contributed by atoms with van der Waals surface area (Å²) in [4.78, 5) is 4.64. The highest BCUT2D eigenvalue weighted by atomic mass is 32.1. The molecule has 2 nitrogen and oxygen atoms in total. The third-order valence-corrected chi connectivity index (χ3v) is 4.09. The van der Waals surface area contributed by atoms with Crippen molar-refractivity contribution in [1.82, 2.24) is 4.98 Å². The van der Waals surface area contributed by atoms with Gasteiger partial charge in [0.15, 0.2) is 0 Å². The van der Waals surface area contributed by atoms with Gasteiger partial charge in [-0.2, -0.15) is 0 Å². The fourth-order valence-corrected chi connectivity index (χ4v) is 3.03. The first-order valence-electron chi connectivity index (χ1n) is 5.68. The van der Waals surface area contributed by atoms with E-state index in [9.17, 15) is 8.78 Å². The Morgan fingerprint density at radius 3 is 2.68 bits per heavy atom. The van der Waals surface area contributed by atoms with Gasteiger partial charge in [-0.25, -0.2) is 8.78 Å². The molecule has 3 aromatic rings. The summed E-state index contributed by atoms with van der Waals surface area (Å²) < 4.78 is 27.2. The predicted octanol–water partition coefficient (Wildman–Crippen LogP) is 3.62. The van der Waals surface area contributed by atoms with Crippen LogP contribution in [0.3, 0.4) is 0 Å². The van der Waals surface area contributed by atoms with Crippen molar-refractivity contribution in [2.45, 2.75) is 6.04 Å². The third-order valence-electron chi connectivity index (χ3n) is 2.89. The molecule has 96 valence electrons. The number of hydrogen-bond donors (Lipinski definition) is 1. The molecule has 3 rings (SSSR count). The van der Waals surface area contributed by atoms with Gasteiger partial charge in [-0.05, 0) is 41.3 Å². The van der Waals surface area contributed by atoms with E-state index in [0.717, 1.165) is 21.2 Å². The lowest BCUT2D eigenvalue weighted by Crippen LogP contribution is -2.10. The molecule has 0 spiro atoms. The van der Waals surface area contributed by atoms with E-state index in [4.69, 9.17) is 5.73 Å². The van der Waals surface area contributed by atoms with Crippen molar-refractivity contribution in [3.63, 3.8) is 0 Å². The van der Waals surface area contributed by atoms with Gasteiger partial charge >= 0.3 is 0 Å². The van der Waals surface area contributed by atoms with Gasteiger partial charge in [0.1, 0.15) is 11.6 Å². The highest BCUT2D eigenvalue weighted by molar-refractivity contribution is 7.19. The van der Waals surface area contributed by atoms with Crippen molar-refractivity contribution in [3.05, 3.63) is 64.8 Å². The average molecular weight is 276 g/mol. The summed E-state index contributed by atoms with van der Waals surface area (Å²) >= 11 is 1.47. The molecule has 1 unspecified atom stereocenters. The first kappa shape index (κ1) is 12.2. The summed E-state index contributed by atoms with van der Waals surface area (Å²) in [6.45, 7) is 0. The van der Waals surface area contributed by atoms with E-state index in [1.54, 1.807) is 12.3 Å². The van der Waals surface area contributed by atoms with E-state index in [-0.39, 0.29) is 5.82 Å². The first-order chi connectivity index (χ1) is 9.13. The van der Waals surface area contributed by atoms with Gasteiger partial charge in [-0.3, -0.25) is 4.98 Å². The van der Waals surface area contributed by atoms with E-state index in [1.165, 1.54) is 29.5 Å². The number of nitrogens with zero attached hydrogens (tertiary/aromatic N) is 1. The van der Waals surface area contributed by atoms with Crippen molar-refractivity contribution in [1.29, 1.82) is 0 Å². The number of nitrogens with two attached hydrogens (primary N) is 1. The lowest BCUT2D eigenvalue weighted by atomic mass is 10.1. The Kier molecular flexibility index (Phi) is 3.00. The fourth-order valence-electron chi connectivity index (χ4n) is 1.95. The van der Waals surface area contributed by atoms with Crippen molar-refractivity contribution in [2.24, 2.45) is 5.73 Å².